The van der Waals surface area contributed by atoms with Crippen LogP contribution in [0.4, 0.5) is 5.69 Å². The lowest BCUT2D eigenvalue weighted by Crippen LogP contribution is -2.46. The van der Waals surface area contributed by atoms with Gasteiger partial charge in [0.15, 0.2) is 0 Å². The molecule has 4 aromatic carbocycles. The predicted octanol–water partition coefficient (Wildman–Crippen LogP) is 6.06. The third-order valence-electron chi connectivity index (χ3n) is 10.0. The number of likely N-dealkylation sites (N-methyl/N-ethyl adjacent to an activating group) is 1. The third kappa shape index (κ3) is 9.79. The number of anilines is 1. The minimum atomic E-state index is -0.310. The highest BCUT2D eigenvalue weighted by atomic mass is 16.5. The van der Waals surface area contributed by atoms with Crippen molar-refractivity contribution in [2.75, 3.05) is 31.6 Å². The average molecular weight is 744 g/mol. The number of hydrogen-bond donors (Lipinski definition) is 4. The van der Waals surface area contributed by atoms with Gasteiger partial charge in [-0.15, -0.1) is 0 Å². The number of carbonyl (C=O) groups is 4. The van der Waals surface area contributed by atoms with Crippen LogP contribution in [0, 0.1) is 0 Å². The Balaban J connectivity index is 0.854. The Labute approximate surface area is 321 Å². The first-order valence-corrected chi connectivity index (χ1v) is 18.9. The van der Waals surface area contributed by atoms with E-state index in [2.05, 4.69) is 22.5 Å². The number of unbranched alkanes of at least 4 members (excludes halogenated alkanes) is 4. The summed E-state index contributed by atoms with van der Waals surface area (Å²) in [5.74, 6) is 0.248. The summed E-state index contributed by atoms with van der Waals surface area (Å²) in [6.45, 7) is 5.12. The van der Waals surface area contributed by atoms with Crippen molar-refractivity contribution in [2.45, 2.75) is 64.1 Å². The summed E-state index contributed by atoms with van der Waals surface area (Å²) < 4.78 is 7.69. The average Bonchev–Trinajstić information content (AvgIpc) is 3.53. The summed E-state index contributed by atoms with van der Waals surface area (Å²) >= 11 is 0. The molecule has 1 aliphatic rings. The summed E-state index contributed by atoms with van der Waals surface area (Å²) in [5, 5.41) is 20.3. The number of nitrogens with one attached hydrogen (secondary N) is 3. The second-order valence-corrected chi connectivity index (χ2v) is 14.1. The molecule has 11 nitrogen and oxygen atoms in total. The molecular formula is C44H49N5O6. The smallest absolute Gasteiger partial charge is 0.254 e. The second kappa shape index (κ2) is 18.4. The van der Waals surface area contributed by atoms with Crippen LogP contribution in [0.1, 0.15) is 70.4 Å². The van der Waals surface area contributed by atoms with Gasteiger partial charge in [0, 0.05) is 54.6 Å². The molecule has 0 fully saturated rings. The molecule has 1 aliphatic heterocycles. The van der Waals surface area contributed by atoms with E-state index in [-0.39, 0.29) is 42.8 Å². The molecule has 4 N–H and O–H groups in total. The molecule has 0 aliphatic carbocycles. The van der Waals surface area contributed by atoms with E-state index in [0.717, 1.165) is 76.3 Å². The van der Waals surface area contributed by atoms with Gasteiger partial charge in [-0.25, -0.2) is 0 Å². The van der Waals surface area contributed by atoms with Gasteiger partial charge in [-0.2, -0.15) is 0 Å². The number of aromatic nitrogens is 1. The van der Waals surface area contributed by atoms with Crippen molar-refractivity contribution < 1.29 is 29.0 Å². The standard InChI is InChI=1S/C44H49N5O6/c1-3-43(53)49-38-12-9-8-11-36(38)37-24-33(19-21-39(37)49)44(54)45-22-10-6-4-5-7-13-41(51)46-26-30-14-16-31(17-15-30)29-55-35-20-18-32-23-34(28-50)47-42(52)27-48(2)40(32)25-35/h3,8-9,11-12,14-21,24-25,34,50H,1,4-7,10,13,22-23,26-29H2,2H3,(H,45,54)(H,46,51)(H,47,52). The lowest BCUT2D eigenvalue weighted by molar-refractivity contribution is -0.122. The van der Waals surface area contributed by atoms with Crippen LogP contribution in [0.5, 0.6) is 5.75 Å². The molecule has 2 heterocycles. The van der Waals surface area contributed by atoms with E-state index in [0.29, 0.717) is 43.9 Å². The molecular weight excluding hydrogens is 695 g/mol. The van der Waals surface area contributed by atoms with Gasteiger partial charge >= 0.3 is 0 Å². The van der Waals surface area contributed by atoms with Crippen molar-refractivity contribution in [2.24, 2.45) is 0 Å². The number of benzene rings is 4. The van der Waals surface area contributed by atoms with Crippen LogP contribution in [0.25, 0.3) is 21.8 Å². The Morgan fingerprint density at radius 2 is 1.64 bits per heavy atom. The van der Waals surface area contributed by atoms with Crippen molar-refractivity contribution in [1.29, 1.82) is 0 Å². The number of para-hydroxylation sites is 1. The van der Waals surface area contributed by atoms with Gasteiger partial charge in [-0.3, -0.25) is 23.7 Å². The zero-order chi connectivity index (χ0) is 38.7. The number of amides is 3. The highest BCUT2D eigenvalue weighted by Gasteiger charge is 2.22. The van der Waals surface area contributed by atoms with Gasteiger partial charge in [0.1, 0.15) is 12.4 Å². The largest absolute Gasteiger partial charge is 0.489 e. The molecule has 1 aromatic heterocycles. The zero-order valence-corrected chi connectivity index (χ0v) is 31.3. The fourth-order valence-electron chi connectivity index (χ4n) is 7.06. The summed E-state index contributed by atoms with van der Waals surface area (Å²) in [5.41, 5.74) is 6.04. The van der Waals surface area contributed by atoms with E-state index < -0.39 is 0 Å². The van der Waals surface area contributed by atoms with E-state index in [9.17, 15) is 24.3 Å². The predicted molar refractivity (Wildman–Crippen MR) is 215 cm³/mol. The zero-order valence-electron chi connectivity index (χ0n) is 31.3. The van der Waals surface area contributed by atoms with Crippen molar-refractivity contribution in [3.63, 3.8) is 0 Å². The van der Waals surface area contributed by atoms with Crippen molar-refractivity contribution in [3.05, 3.63) is 120 Å². The molecule has 286 valence electrons. The topological polar surface area (TPSA) is 142 Å². The summed E-state index contributed by atoms with van der Waals surface area (Å²) in [6.07, 6.45) is 6.86. The van der Waals surface area contributed by atoms with Crippen LogP contribution in [0.2, 0.25) is 0 Å². The fourth-order valence-corrected chi connectivity index (χ4v) is 7.06. The molecule has 3 amide bonds. The third-order valence-corrected chi connectivity index (χ3v) is 10.0. The van der Waals surface area contributed by atoms with E-state index in [4.69, 9.17) is 4.74 Å². The number of allylic oxidation sites excluding steroid dienone is 1. The normalized spacial score (nSPS) is 14.1. The summed E-state index contributed by atoms with van der Waals surface area (Å²) in [6, 6.07) is 26.5. The van der Waals surface area contributed by atoms with Crippen LogP contribution in [0.3, 0.4) is 0 Å². The van der Waals surface area contributed by atoms with Crippen molar-refractivity contribution in [1.82, 2.24) is 20.5 Å². The SMILES string of the molecule is C=CC(=O)n1c2ccccc2c2cc(C(=O)NCCCCCCCC(=O)NCc3ccc(COc4ccc5c(c4)N(C)CC(=O)NC(CO)C5)cc3)ccc21. The van der Waals surface area contributed by atoms with Crippen molar-refractivity contribution >= 4 is 51.1 Å². The summed E-state index contributed by atoms with van der Waals surface area (Å²) in [4.78, 5) is 52.0. The lowest BCUT2D eigenvalue weighted by Gasteiger charge is -2.28. The molecule has 1 atom stereocenters. The number of ether oxygens (including phenoxy) is 1. The molecule has 1 unspecified atom stereocenters. The van der Waals surface area contributed by atoms with Crippen LogP contribution in [-0.4, -0.2) is 66.1 Å². The first kappa shape index (κ1) is 38.8. The number of fused-ring (bicyclic) bond motifs is 4. The van der Waals surface area contributed by atoms with Gasteiger partial charge in [0.2, 0.25) is 11.8 Å². The molecule has 0 spiro atoms. The molecule has 11 heteroatoms. The number of aliphatic hydroxyl groups is 1. The first-order chi connectivity index (χ1) is 26.7. The Morgan fingerprint density at radius 1 is 0.891 bits per heavy atom. The maximum Gasteiger partial charge on any atom is 0.254 e. The van der Waals surface area contributed by atoms with Crippen molar-refractivity contribution in [3.8, 4) is 5.75 Å². The first-order valence-electron chi connectivity index (χ1n) is 18.9. The minimum Gasteiger partial charge on any atom is -0.489 e. The number of carbonyl (C=O) groups excluding carboxylic acids is 4. The molecule has 5 aromatic rings. The lowest BCUT2D eigenvalue weighted by atomic mass is 10.0. The van der Waals surface area contributed by atoms with Gasteiger partial charge in [-0.05, 0) is 72.4 Å². The monoisotopic (exact) mass is 743 g/mol. The quantitative estimate of drug-likeness (QED) is 0.0712. The molecule has 6 rings (SSSR count). The highest BCUT2D eigenvalue weighted by Crippen LogP contribution is 2.30. The number of nitrogens with zero attached hydrogens (tertiary/aromatic N) is 2. The van der Waals surface area contributed by atoms with Crippen LogP contribution in [-0.2, 0) is 29.2 Å². The Morgan fingerprint density at radius 3 is 2.44 bits per heavy atom. The number of rotatable bonds is 16. The van der Waals surface area contributed by atoms with Crippen LogP contribution >= 0.6 is 0 Å². The highest BCUT2D eigenvalue weighted by molar-refractivity contribution is 6.16. The van der Waals surface area contributed by atoms with Crippen LogP contribution < -0.4 is 25.6 Å². The van der Waals surface area contributed by atoms with Gasteiger partial charge < -0.3 is 30.7 Å². The fraction of sp³-hybridized carbons (Fsp3) is 0.318. The second-order valence-electron chi connectivity index (χ2n) is 14.1. The number of hydrogen-bond acceptors (Lipinski definition) is 7. The maximum atomic E-state index is 12.9. The van der Waals surface area contributed by atoms with Gasteiger partial charge in [0.25, 0.3) is 11.8 Å². The Bertz CT molecular complexity index is 2180. The van der Waals surface area contributed by atoms with Gasteiger partial charge in [0.05, 0.1) is 30.2 Å². The molecule has 0 bridgehead atoms. The maximum absolute atomic E-state index is 12.9. The summed E-state index contributed by atoms with van der Waals surface area (Å²) in [7, 11) is 1.87. The van der Waals surface area contributed by atoms with E-state index in [1.807, 2.05) is 90.8 Å². The van der Waals surface area contributed by atoms with E-state index >= 15 is 0 Å². The Kier molecular flexibility index (Phi) is 13.0. The van der Waals surface area contributed by atoms with Crippen LogP contribution in [0.15, 0.2) is 97.6 Å². The Hall–Kier alpha value is -5.94. The molecule has 55 heavy (non-hydrogen) atoms. The van der Waals surface area contributed by atoms with E-state index in [1.165, 1.54) is 6.08 Å². The van der Waals surface area contributed by atoms with E-state index in [1.54, 1.807) is 10.6 Å². The molecule has 0 saturated heterocycles. The van der Waals surface area contributed by atoms with Gasteiger partial charge in [-0.1, -0.05) is 74.4 Å². The molecule has 0 radical (unpaired) electrons. The molecule has 0 saturated carbocycles. The number of aliphatic hydroxyl groups excluding tert-OH is 1. The minimum absolute atomic E-state index is 0.0280.